The summed E-state index contributed by atoms with van der Waals surface area (Å²) in [5.41, 5.74) is 0. The number of hydrogen-bond acceptors (Lipinski definition) is 5. The fourth-order valence-electron chi connectivity index (χ4n) is 1.44. The van der Waals surface area contributed by atoms with Crippen molar-refractivity contribution in [2.75, 3.05) is 5.75 Å². The van der Waals surface area contributed by atoms with Crippen LogP contribution in [0.15, 0.2) is 9.79 Å². The smallest absolute Gasteiger partial charge is 0.304 e. The van der Waals surface area contributed by atoms with E-state index >= 15 is 0 Å². The van der Waals surface area contributed by atoms with Gasteiger partial charge >= 0.3 is 5.97 Å². The van der Waals surface area contributed by atoms with Gasteiger partial charge in [-0.15, -0.1) is 0 Å². The molecule has 0 radical (unpaired) electrons. The summed E-state index contributed by atoms with van der Waals surface area (Å²) < 4.78 is 99.2. The molecule has 0 fully saturated rings. The van der Waals surface area contributed by atoms with E-state index in [0.717, 1.165) is 0 Å². The normalized spacial score (nSPS) is 12.4. The van der Waals surface area contributed by atoms with E-state index in [-0.39, 0.29) is 0 Å². The molecule has 0 aliphatic heterocycles. The third-order valence-electron chi connectivity index (χ3n) is 2.36. The van der Waals surface area contributed by atoms with Crippen molar-refractivity contribution in [1.29, 1.82) is 0 Å². The molecule has 0 atom stereocenters. The number of sulfone groups is 1. The van der Waals surface area contributed by atoms with Crippen molar-refractivity contribution in [3.8, 4) is 0 Å². The van der Waals surface area contributed by atoms with Crippen molar-refractivity contribution >= 4 is 25.8 Å². The predicted octanol–water partition coefficient (Wildman–Crippen LogP) is 0.139. The summed E-state index contributed by atoms with van der Waals surface area (Å²) in [5, 5.41) is 12.7. The van der Waals surface area contributed by atoms with Crippen LogP contribution >= 0.6 is 0 Å². The summed E-state index contributed by atoms with van der Waals surface area (Å²) in [6, 6.07) is 0. The number of halogens is 4. The van der Waals surface area contributed by atoms with Gasteiger partial charge < -0.3 is 5.11 Å². The van der Waals surface area contributed by atoms with Crippen LogP contribution in [0.1, 0.15) is 6.42 Å². The van der Waals surface area contributed by atoms with Crippen LogP contribution in [0.5, 0.6) is 0 Å². The topological polar surface area (TPSA) is 132 Å². The maximum atomic E-state index is 13.6. The van der Waals surface area contributed by atoms with Gasteiger partial charge in [-0.25, -0.2) is 39.5 Å². The van der Waals surface area contributed by atoms with Gasteiger partial charge in [0.05, 0.1) is 12.2 Å². The fourth-order valence-corrected chi connectivity index (χ4v) is 3.49. The van der Waals surface area contributed by atoms with E-state index in [1.165, 1.54) is 0 Å². The lowest BCUT2D eigenvalue weighted by atomic mass is 10.3. The Bertz CT molecular complexity index is 820. The van der Waals surface area contributed by atoms with Crippen LogP contribution in [0.25, 0.3) is 0 Å². The van der Waals surface area contributed by atoms with Gasteiger partial charge in [0.2, 0.25) is 10.0 Å². The Balaban J connectivity index is 3.71. The van der Waals surface area contributed by atoms with E-state index in [9.17, 15) is 39.2 Å². The largest absolute Gasteiger partial charge is 0.481 e. The van der Waals surface area contributed by atoms with Crippen molar-refractivity contribution in [1.82, 2.24) is 0 Å². The highest BCUT2D eigenvalue weighted by molar-refractivity contribution is 7.91. The summed E-state index contributed by atoms with van der Waals surface area (Å²) in [5.74, 6) is -13.1. The molecule has 0 bridgehead atoms. The maximum absolute atomic E-state index is 13.6. The summed E-state index contributed by atoms with van der Waals surface area (Å²) in [6.07, 6.45) is -1.10. The van der Waals surface area contributed by atoms with Gasteiger partial charge in [-0.1, -0.05) is 0 Å². The average Bonchev–Trinajstić information content (AvgIpc) is 2.32. The zero-order chi connectivity index (χ0) is 17.5. The van der Waals surface area contributed by atoms with Gasteiger partial charge in [-0.05, 0) is 0 Å². The lowest BCUT2D eigenvalue weighted by Crippen LogP contribution is -2.22. The standard InChI is InChI=1S/C9H7F4NO6S2/c10-4-6(12)9(22(14,19)20)7(13)5(11)8(4)21(17,18)2-1-3(15)16/h1-2H2,(H,15,16)(H2,14,19,20). The molecular formula is C9H7F4NO6S2. The summed E-state index contributed by atoms with van der Waals surface area (Å²) in [7, 11) is -10.3. The SMILES string of the molecule is NS(=O)(=O)c1c(F)c(F)c(S(=O)(=O)CCC(=O)O)c(F)c1F. The molecule has 0 aromatic heterocycles. The summed E-state index contributed by atoms with van der Waals surface area (Å²) in [4.78, 5) is 6.00. The molecule has 0 spiro atoms. The van der Waals surface area contributed by atoms with E-state index in [4.69, 9.17) is 5.11 Å². The highest BCUT2D eigenvalue weighted by atomic mass is 32.2. The van der Waals surface area contributed by atoms with Crippen LogP contribution in [0.2, 0.25) is 0 Å². The van der Waals surface area contributed by atoms with Gasteiger partial charge in [0.15, 0.2) is 38.0 Å². The first-order valence-electron chi connectivity index (χ1n) is 5.14. The number of rotatable bonds is 5. The first-order valence-corrected chi connectivity index (χ1v) is 8.34. The number of sulfonamides is 1. The van der Waals surface area contributed by atoms with E-state index in [1.807, 2.05) is 0 Å². The molecular weight excluding hydrogens is 358 g/mol. The van der Waals surface area contributed by atoms with E-state index in [0.29, 0.717) is 0 Å². The number of primary sulfonamides is 1. The molecule has 124 valence electrons. The van der Waals surface area contributed by atoms with Gasteiger partial charge in [-0.3, -0.25) is 4.79 Å². The minimum absolute atomic E-state index is 1.10. The van der Waals surface area contributed by atoms with Gasteiger partial charge in [0, 0.05) is 0 Å². The van der Waals surface area contributed by atoms with E-state index in [2.05, 4.69) is 5.14 Å². The molecule has 7 nitrogen and oxygen atoms in total. The molecule has 1 aromatic rings. The first kappa shape index (κ1) is 18.3. The molecule has 0 heterocycles. The Kier molecular flexibility index (Phi) is 4.84. The monoisotopic (exact) mass is 365 g/mol. The number of benzene rings is 1. The highest BCUT2D eigenvalue weighted by Gasteiger charge is 2.36. The van der Waals surface area contributed by atoms with Crippen LogP contribution in [-0.4, -0.2) is 33.7 Å². The van der Waals surface area contributed by atoms with Crippen LogP contribution in [0.3, 0.4) is 0 Å². The molecule has 1 rings (SSSR count). The van der Waals surface area contributed by atoms with Gasteiger partial charge in [0.1, 0.15) is 4.90 Å². The first-order chi connectivity index (χ1) is 9.80. The Morgan fingerprint density at radius 1 is 0.909 bits per heavy atom. The molecule has 0 unspecified atom stereocenters. The van der Waals surface area contributed by atoms with Crippen molar-refractivity contribution in [2.24, 2.45) is 5.14 Å². The zero-order valence-electron chi connectivity index (χ0n) is 10.3. The molecule has 0 aliphatic carbocycles. The molecule has 3 N–H and O–H groups in total. The Labute approximate surface area is 121 Å². The van der Waals surface area contributed by atoms with Gasteiger partial charge in [0.25, 0.3) is 0 Å². The average molecular weight is 365 g/mol. The second-order valence-electron chi connectivity index (χ2n) is 3.92. The quantitative estimate of drug-likeness (QED) is 0.563. The third-order valence-corrected chi connectivity index (χ3v) is 5.01. The lowest BCUT2D eigenvalue weighted by Gasteiger charge is -2.10. The third kappa shape index (κ3) is 3.36. The number of hydrogen-bond donors (Lipinski definition) is 2. The van der Waals surface area contributed by atoms with Crippen LogP contribution in [0, 0.1) is 23.3 Å². The number of carboxylic acids is 1. The Morgan fingerprint density at radius 2 is 1.27 bits per heavy atom. The Hall–Kier alpha value is -1.73. The van der Waals surface area contributed by atoms with E-state index in [1.54, 1.807) is 0 Å². The van der Waals surface area contributed by atoms with Crippen molar-refractivity contribution in [2.45, 2.75) is 16.2 Å². The molecule has 0 saturated heterocycles. The number of aliphatic carboxylic acids is 1. The van der Waals surface area contributed by atoms with Crippen molar-refractivity contribution in [3.63, 3.8) is 0 Å². The fraction of sp³-hybridized carbons (Fsp3) is 0.222. The molecule has 0 aliphatic rings. The second kappa shape index (κ2) is 5.81. The number of carboxylic acid groups (broad SMARTS) is 1. The van der Waals surface area contributed by atoms with E-state index < -0.39 is 71.1 Å². The molecule has 1 aromatic carbocycles. The minimum Gasteiger partial charge on any atom is -0.481 e. The minimum atomic E-state index is -5.22. The highest BCUT2D eigenvalue weighted by Crippen LogP contribution is 2.30. The number of carbonyl (C=O) groups is 1. The van der Waals surface area contributed by atoms with Crippen LogP contribution in [-0.2, 0) is 24.7 Å². The second-order valence-corrected chi connectivity index (χ2v) is 7.47. The summed E-state index contributed by atoms with van der Waals surface area (Å²) in [6.45, 7) is 0. The van der Waals surface area contributed by atoms with Crippen LogP contribution in [0.4, 0.5) is 17.6 Å². The van der Waals surface area contributed by atoms with Gasteiger partial charge in [-0.2, -0.15) is 0 Å². The summed E-state index contributed by atoms with van der Waals surface area (Å²) >= 11 is 0. The van der Waals surface area contributed by atoms with Crippen molar-refractivity contribution in [3.05, 3.63) is 23.3 Å². The van der Waals surface area contributed by atoms with Crippen LogP contribution < -0.4 is 5.14 Å². The molecule has 13 heteroatoms. The predicted molar refractivity (Wildman–Crippen MR) is 62.0 cm³/mol. The molecule has 22 heavy (non-hydrogen) atoms. The maximum Gasteiger partial charge on any atom is 0.304 e. The Morgan fingerprint density at radius 3 is 1.59 bits per heavy atom. The number of nitrogens with two attached hydrogens (primary N) is 1. The molecule has 0 amide bonds. The molecule has 0 saturated carbocycles. The van der Waals surface area contributed by atoms with Crippen molar-refractivity contribution < 1.29 is 44.3 Å². The zero-order valence-corrected chi connectivity index (χ0v) is 11.9. The lowest BCUT2D eigenvalue weighted by molar-refractivity contribution is -0.136.